The van der Waals surface area contributed by atoms with Crippen LogP contribution < -0.4 is 5.56 Å². The predicted molar refractivity (Wildman–Crippen MR) is 49.5 cm³/mol. The number of hydrogen-bond acceptors (Lipinski definition) is 1. The molecule has 0 atom stereocenters. The summed E-state index contributed by atoms with van der Waals surface area (Å²) in [5.41, 5.74) is -0.248. The van der Waals surface area contributed by atoms with Crippen LogP contribution in [0.25, 0.3) is 10.9 Å². The number of pyridine rings is 1. The molecule has 1 aromatic carbocycles. The lowest BCUT2D eigenvalue weighted by molar-refractivity contribution is 0.636. The van der Waals surface area contributed by atoms with Crippen molar-refractivity contribution >= 4 is 22.5 Å². The number of rotatable bonds is 0. The standard InChI is InChI=1S/C9H5ClFNO/c10-6-4-8(13)12-9-5(6)2-1-3-7(9)11/h1-4H,(H,12,13). The normalized spacial score (nSPS) is 10.6. The number of para-hydroxylation sites is 1. The minimum Gasteiger partial charge on any atom is -0.319 e. The number of benzene rings is 1. The van der Waals surface area contributed by atoms with E-state index in [1.165, 1.54) is 12.1 Å². The van der Waals surface area contributed by atoms with Crippen LogP contribution in [0.1, 0.15) is 0 Å². The molecule has 2 rings (SSSR count). The monoisotopic (exact) mass is 197 g/mol. The molecule has 1 aromatic heterocycles. The molecule has 1 N–H and O–H groups in total. The highest BCUT2D eigenvalue weighted by Crippen LogP contribution is 2.21. The topological polar surface area (TPSA) is 32.9 Å². The van der Waals surface area contributed by atoms with Gasteiger partial charge in [0.1, 0.15) is 5.82 Å². The molecule has 0 unspecified atom stereocenters. The maximum Gasteiger partial charge on any atom is 0.249 e. The van der Waals surface area contributed by atoms with Gasteiger partial charge in [-0.2, -0.15) is 0 Å². The Hall–Kier alpha value is -1.35. The van der Waals surface area contributed by atoms with E-state index in [1.807, 2.05) is 0 Å². The van der Waals surface area contributed by atoms with Gasteiger partial charge in [0, 0.05) is 11.5 Å². The number of hydrogen-bond donors (Lipinski definition) is 1. The van der Waals surface area contributed by atoms with E-state index >= 15 is 0 Å². The molecule has 4 heteroatoms. The summed E-state index contributed by atoms with van der Waals surface area (Å²) in [6.45, 7) is 0. The number of fused-ring (bicyclic) bond motifs is 1. The first kappa shape index (κ1) is 8.26. The van der Waals surface area contributed by atoms with Crippen molar-refractivity contribution in [3.8, 4) is 0 Å². The summed E-state index contributed by atoms with van der Waals surface area (Å²) in [5.74, 6) is -0.475. The third-order valence-electron chi connectivity index (χ3n) is 1.78. The van der Waals surface area contributed by atoms with E-state index in [-0.39, 0.29) is 10.5 Å². The van der Waals surface area contributed by atoms with E-state index in [2.05, 4.69) is 4.98 Å². The molecule has 0 saturated carbocycles. The van der Waals surface area contributed by atoms with Crippen molar-refractivity contribution in [2.45, 2.75) is 0 Å². The van der Waals surface area contributed by atoms with Gasteiger partial charge in [-0.15, -0.1) is 0 Å². The van der Waals surface area contributed by atoms with Gasteiger partial charge in [0.05, 0.1) is 10.5 Å². The van der Waals surface area contributed by atoms with Crippen molar-refractivity contribution in [2.24, 2.45) is 0 Å². The summed E-state index contributed by atoms with van der Waals surface area (Å²) in [5, 5.41) is 0.777. The molecule has 2 nitrogen and oxygen atoms in total. The quantitative estimate of drug-likeness (QED) is 0.691. The molecule has 1 heterocycles. The molecule has 0 fully saturated rings. The third-order valence-corrected chi connectivity index (χ3v) is 2.09. The first-order valence-electron chi connectivity index (χ1n) is 3.65. The first-order valence-corrected chi connectivity index (χ1v) is 4.03. The number of halogens is 2. The van der Waals surface area contributed by atoms with Crippen molar-refractivity contribution in [1.82, 2.24) is 4.98 Å². The number of nitrogens with one attached hydrogen (secondary N) is 1. The van der Waals surface area contributed by atoms with Crippen LogP contribution in [-0.2, 0) is 0 Å². The maximum absolute atomic E-state index is 13.1. The molecule has 66 valence electrons. The van der Waals surface area contributed by atoms with E-state index in [0.29, 0.717) is 5.39 Å². The summed E-state index contributed by atoms with van der Waals surface area (Å²) < 4.78 is 13.1. The minimum absolute atomic E-state index is 0.153. The van der Waals surface area contributed by atoms with E-state index < -0.39 is 11.4 Å². The number of aromatic amines is 1. The Bertz CT molecular complexity index is 520. The molecule has 0 bridgehead atoms. The molecule has 13 heavy (non-hydrogen) atoms. The van der Waals surface area contributed by atoms with Gasteiger partial charge in [-0.3, -0.25) is 4.79 Å². The molecule has 0 aliphatic heterocycles. The van der Waals surface area contributed by atoms with Gasteiger partial charge in [-0.05, 0) is 6.07 Å². The Labute approximate surface area is 78.0 Å². The van der Waals surface area contributed by atoms with E-state index in [1.54, 1.807) is 12.1 Å². The average Bonchev–Trinajstić information content (AvgIpc) is 2.07. The zero-order chi connectivity index (χ0) is 9.42. The highest BCUT2D eigenvalue weighted by Gasteiger charge is 2.04. The second kappa shape index (κ2) is 2.85. The smallest absolute Gasteiger partial charge is 0.249 e. The molecule has 0 aliphatic rings. The van der Waals surface area contributed by atoms with Gasteiger partial charge < -0.3 is 4.98 Å². The Morgan fingerprint density at radius 2 is 2.15 bits per heavy atom. The summed E-state index contributed by atoms with van der Waals surface area (Å²) in [6.07, 6.45) is 0. The van der Waals surface area contributed by atoms with Crippen LogP contribution in [0.2, 0.25) is 5.02 Å². The average molecular weight is 198 g/mol. The van der Waals surface area contributed by atoms with E-state index in [9.17, 15) is 9.18 Å². The Kier molecular flexibility index (Phi) is 1.81. The largest absolute Gasteiger partial charge is 0.319 e. The summed E-state index contributed by atoms with van der Waals surface area (Å²) in [7, 11) is 0. The van der Waals surface area contributed by atoms with Crippen LogP contribution in [0.4, 0.5) is 4.39 Å². The van der Waals surface area contributed by atoms with Gasteiger partial charge in [-0.1, -0.05) is 23.7 Å². The lowest BCUT2D eigenvalue weighted by Gasteiger charge is -1.99. The van der Waals surface area contributed by atoms with Crippen LogP contribution in [0.15, 0.2) is 29.1 Å². The van der Waals surface area contributed by atoms with Crippen LogP contribution >= 0.6 is 11.6 Å². The molecule has 0 saturated heterocycles. The van der Waals surface area contributed by atoms with Crippen molar-refractivity contribution in [3.05, 3.63) is 45.5 Å². The first-order chi connectivity index (χ1) is 6.18. The highest BCUT2D eigenvalue weighted by molar-refractivity contribution is 6.35. The van der Waals surface area contributed by atoms with Crippen molar-refractivity contribution in [1.29, 1.82) is 0 Å². The molecular formula is C9H5ClFNO. The summed E-state index contributed by atoms with van der Waals surface area (Å²) in [6, 6.07) is 5.69. The molecule has 0 radical (unpaired) electrons. The van der Waals surface area contributed by atoms with Crippen LogP contribution in [0.3, 0.4) is 0 Å². The van der Waals surface area contributed by atoms with Crippen LogP contribution in [0.5, 0.6) is 0 Å². The fourth-order valence-corrected chi connectivity index (χ4v) is 1.46. The Morgan fingerprint density at radius 1 is 1.38 bits per heavy atom. The van der Waals surface area contributed by atoms with Gasteiger partial charge in [0.2, 0.25) is 5.56 Å². The van der Waals surface area contributed by atoms with Gasteiger partial charge >= 0.3 is 0 Å². The van der Waals surface area contributed by atoms with Crippen molar-refractivity contribution in [3.63, 3.8) is 0 Å². The third kappa shape index (κ3) is 1.31. The zero-order valence-corrected chi connectivity index (χ0v) is 7.23. The number of H-pyrrole nitrogens is 1. The number of aromatic nitrogens is 1. The van der Waals surface area contributed by atoms with Gasteiger partial charge in [0.15, 0.2) is 0 Å². The molecule has 0 aliphatic carbocycles. The van der Waals surface area contributed by atoms with Gasteiger partial charge in [-0.25, -0.2) is 4.39 Å². The molecule has 0 spiro atoms. The van der Waals surface area contributed by atoms with Gasteiger partial charge in [0.25, 0.3) is 0 Å². The van der Waals surface area contributed by atoms with Crippen LogP contribution in [0, 0.1) is 5.82 Å². The van der Waals surface area contributed by atoms with E-state index in [4.69, 9.17) is 11.6 Å². The van der Waals surface area contributed by atoms with Crippen molar-refractivity contribution < 1.29 is 4.39 Å². The van der Waals surface area contributed by atoms with E-state index in [0.717, 1.165) is 0 Å². The van der Waals surface area contributed by atoms with Crippen molar-refractivity contribution in [2.75, 3.05) is 0 Å². The fourth-order valence-electron chi connectivity index (χ4n) is 1.20. The van der Waals surface area contributed by atoms with Crippen LogP contribution in [-0.4, -0.2) is 4.98 Å². The SMILES string of the molecule is O=c1cc(Cl)c2cccc(F)c2[nH]1. The molecule has 2 aromatic rings. The Balaban J connectivity index is 3.03. The molecular weight excluding hydrogens is 193 g/mol. The predicted octanol–water partition coefficient (Wildman–Crippen LogP) is 2.32. The fraction of sp³-hybridized carbons (Fsp3) is 0. The second-order valence-corrected chi connectivity index (χ2v) is 3.05. The lowest BCUT2D eigenvalue weighted by atomic mass is 10.2. The highest BCUT2D eigenvalue weighted by atomic mass is 35.5. The zero-order valence-electron chi connectivity index (χ0n) is 6.47. The minimum atomic E-state index is -0.475. The summed E-state index contributed by atoms with van der Waals surface area (Å²) in [4.78, 5) is 13.3. The lowest BCUT2D eigenvalue weighted by Crippen LogP contribution is -2.04. The maximum atomic E-state index is 13.1. The molecule has 0 amide bonds. The summed E-state index contributed by atoms with van der Waals surface area (Å²) >= 11 is 5.75. The second-order valence-electron chi connectivity index (χ2n) is 2.64. The Morgan fingerprint density at radius 3 is 2.92 bits per heavy atom.